The summed E-state index contributed by atoms with van der Waals surface area (Å²) in [6.45, 7) is 0.608. The lowest BCUT2D eigenvalue weighted by Gasteiger charge is -2.19. The first-order chi connectivity index (χ1) is 8.97. The first kappa shape index (κ1) is 14.5. The van der Waals surface area contributed by atoms with Crippen LogP contribution in [0.1, 0.15) is 15.9 Å². The van der Waals surface area contributed by atoms with Crippen LogP contribution in [-0.2, 0) is 6.54 Å². The van der Waals surface area contributed by atoms with Crippen LogP contribution >= 0.6 is 43.2 Å². The quantitative estimate of drug-likeness (QED) is 0.834. The molecule has 19 heavy (non-hydrogen) atoms. The van der Waals surface area contributed by atoms with Gasteiger partial charge in [-0.3, -0.25) is 0 Å². The Morgan fingerprint density at radius 2 is 2.21 bits per heavy atom. The Balaban J connectivity index is 2.28. The van der Waals surface area contributed by atoms with Gasteiger partial charge in [-0.05, 0) is 54.9 Å². The molecule has 0 aliphatic rings. The zero-order valence-electron chi connectivity index (χ0n) is 9.93. The lowest BCUT2D eigenvalue weighted by Crippen LogP contribution is -2.20. The van der Waals surface area contributed by atoms with E-state index in [0.717, 1.165) is 9.35 Å². The molecule has 0 saturated heterocycles. The Morgan fingerprint density at radius 3 is 2.79 bits per heavy atom. The van der Waals surface area contributed by atoms with E-state index < -0.39 is 5.97 Å². The van der Waals surface area contributed by atoms with Crippen molar-refractivity contribution in [3.8, 4) is 0 Å². The van der Waals surface area contributed by atoms with E-state index in [9.17, 15) is 9.90 Å². The smallest absolute Gasteiger partial charge is 0.339 e. The van der Waals surface area contributed by atoms with Gasteiger partial charge in [0.2, 0.25) is 0 Å². The number of hydrogen-bond acceptors (Lipinski definition) is 4. The molecule has 2 rings (SSSR count). The van der Waals surface area contributed by atoms with E-state index in [-0.39, 0.29) is 5.56 Å². The third-order valence-electron chi connectivity index (χ3n) is 2.47. The van der Waals surface area contributed by atoms with Crippen LogP contribution in [0.2, 0.25) is 0 Å². The molecule has 4 nitrogen and oxygen atoms in total. The monoisotopic (exact) mass is 404 g/mol. The third-order valence-corrected chi connectivity index (χ3v) is 4.45. The van der Waals surface area contributed by atoms with Crippen LogP contribution in [0.25, 0.3) is 0 Å². The SMILES string of the molecule is CN(Cc1csc(Br)c1)c1ncc(Br)cc1C(=O)O. The lowest BCUT2D eigenvalue weighted by atomic mass is 10.2. The van der Waals surface area contributed by atoms with Crippen molar-refractivity contribution in [1.29, 1.82) is 0 Å². The van der Waals surface area contributed by atoms with Crippen molar-refractivity contribution in [3.63, 3.8) is 0 Å². The summed E-state index contributed by atoms with van der Waals surface area (Å²) in [5.74, 6) is -0.528. The van der Waals surface area contributed by atoms with Crippen LogP contribution in [0.15, 0.2) is 32.0 Å². The molecular weight excluding hydrogens is 396 g/mol. The van der Waals surface area contributed by atoms with Gasteiger partial charge >= 0.3 is 5.97 Å². The Bertz CT molecular complexity index is 616. The molecule has 0 unspecified atom stereocenters. The maximum absolute atomic E-state index is 11.2. The van der Waals surface area contributed by atoms with E-state index in [4.69, 9.17) is 0 Å². The van der Waals surface area contributed by atoms with Gasteiger partial charge in [-0.15, -0.1) is 11.3 Å². The highest BCUT2D eigenvalue weighted by molar-refractivity contribution is 9.11. The topological polar surface area (TPSA) is 53.4 Å². The first-order valence-electron chi connectivity index (χ1n) is 5.30. The molecule has 0 fully saturated rings. The number of nitrogens with zero attached hydrogens (tertiary/aromatic N) is 2. The largest absolute Gasteiger partial charge is 0.478 e. The molecular formula is C12H10Br2N2O2S. The van der Waals surface area contributed by atoms with Gasteiger partial charge in [-0.2, -0.15) is 0 Å². The van der Waals surface area contributed by atoms with Crippen LogP contribution in [0.3, 0.4) is 0 Å². The van der Waals surface area contributed by atoms with Crippen molar-refractivity contribution in [1.82, 2.24) is 4.98 Å². The number of carboxylic acid groups (broad SMARTS) is 1. The summed E-state index contributed by atoms with van der Waals surface area (Å²) >= 11 is 8.24. The maximum Gasteiger partial charge on any atom is 0.339 e. The molecule has 2 aromatic rings. The highest BCUT2D eigenvalue weighted by Gasteiger charge is 2.16. The average Bonchev–Trinajstić information content (AvgIpc) is 2.74. The molecule has 0 bridgehead atoms. The number of rotatable bonds is 4. The number of anilines is 1. The zero-order valence-corrected chi connectivity index (χ0v) is 13.9. The minimum atomic E-state index is -0.984. The predicted octanol–water partition coefficient (Wildman–Crippen LogP) is 4.00. The highest BCUT2D eigenvalue weighted by Crippen LogP contribution is 2.25. The minimum Gasteiger partial charge on any atom is -0.478 e. The van der Waals surface area contributed by atoms with E-state index in [1.807, 2.05) is 23.4 Å². The molecule has 2 aromatic heterocycles. The zero-order chi connectivity index (χ0) is 14.0. The summed E-state index contributed by atoms with van der Waals surface area (Å²) in [5.41, 5.74) is 1.30. The molecule has 2 heterocycles. The van der Waals surface area contributed by atoms with Crippen LogP contribution in [0.4, 0.5) is 5.82 Å². The molecule has 0 saturated carbocycles. The number of hydrogen-bond donors (Lipinski definition) is 1. The van der Waals surface area contributed by atoms with Gasteiger partial charge in [0.25, 0.3) is 0 Å². The fourth-order valence-corrected chi connectivity index (χ4v) is 3.20. The fraction of sp³-hybridized carbons (Fsp3) is 0.167. The normalized spacial score (nSPS) is 10.5. The Kier molecular flexibility index (Phi) is 4.59. The van der Waals surface area contributed by atoms with E-state index >= 15 is 0 Å². The van der Waals surface area contributed by atoms with Crippen molar-refractivity contribution >= 4 is 55.0 Å². The van der Waals surface area contributed by atoms with Gasteiger partial charge in [0.05, 0.1) is 3.79 Å². The van der Waals surface area contributed by atoms with E-state index in [1.165, 1.54) is 0 Å². The molecule has 0 aliphatic heterocycles. The molecule has 1 N–H and O–H groups in total. The van der Waals surface area contributed by atoms with Crippen LogP contribution < -0.4 is 4.90 Å². The van der Waals surface area contributed by atoms with Gasteiger partial charge in [-0.25, -0.2) is 9.78 Å². The van der Waals surface area contributed by atoms with Gasteiger partial charge in [0.15, 0.2) is 0 Å². The van der Waals surface area contributed by atoms with E-state index in [0.29, 0.717) is 16.8 Å². The summed E-state index contributed by atoms with van der Waals surface area (Å²) in [4.78, 5) is 17.3. The van der Waals surface area contributed by atoms with Crippen molar-refractivity contribution in [2.24, 2.45) is 0 Å². The van der Waals surface area contributed by atoms with Gasteiger partial charge in [-0.1, -0.05) is 0 Å². The molecule has 0 atom stereocenters. The van der Waals surface area contributed by atoms with Crippen molar-refractivity contribution < 1.29 is 9.90 Å². The van der Waals surface area contributed by atoms with Crippen LogP contribution in [0, 0.1) is 0 Å². The van der Waals surface area contributed by atoms with Gasteiger partial charge in [0, 0.05) is 24.3 Å². The number of carbonyl (C=O) groups is 1. The fourth-order valence-electron chi connectivity index (χ4n) is 1.67. The molecule has 0 spiro atoms. The number of carboxylic acids is 1. The average molecular weight is 406 g/mol. The second kappa shape index (κ2) is 6.02. The number of thiophene rings is 1. The standard InChI is InChI=1S/C12H10Br2N2O2S/c1-16(5-7-2-10(14)19-6-7)11-9(12(17)18)3-8(13)4-15-11/h2-4,6H,5H2,1H3,(H,17,18). The molecule has 0 aromatic carbocycles. The predicted molar refractivity (Wildman–Crippen MR) is 83.0 cm³/mol. The number of pyridine rings is 1. The number of aromatic nitrogens is 1. The minimum absolute atomic E-state index is 0.186. The Morgan fingerprint density at radius 1 is 1.47 bits per heavy atom. The Hall–Kier alpha value is -0.920. The van der Waals surface area contributed by atoms with E-state index in [1.54, 1.807) is 23.6 Å². The van der Waals surface area contributed by atoms with Crippen molar-refractivity contribution in [2.75, 3.05) is 11.9 Å². The van der Waals surface area contributed by atoms with Crippen molar-refractivity contribution in [2.45, 2.75) is 6.54 Å². The van der Waals surface area contributed by atoms with Gasteiger partial charge in [0.1, 0.15) is 11.4 Å². The summed E-state index contributed by atoms with van der Waals surface area (Å²) in [7, 11) is 1.83. The number of aromatic carboxylic acids is 1. The number of halogens is 2. The molecule has 7 heteroatoms. The lowest BCUT2D eigenvalue weighted by molar-refractivity contribution is 0.0697. The van der Waals surface area contributed by atoms with Crippen molar-refractivity contribution in [3.05, 3.63) is 43.1 Å². The summed E-state index contributed by atoms with van der Waals surface area (Å²) in [5, 5.41) is 11.2. The molecule has 0 amide bonds. The summed E-state index contributed by atoms with van der Waals surface area (Å²) < 4.78 is 1.71. The van der Waals surface area contributed by atoms with Gasteiger partial charge < -0.3 is 10.0 Å². The summed E-state index contributed by atoms with van der Waals surface area (Å²) in [6, 6.07) is 3.57. The maximum atomic E-state index is 11.2. The second-order valence-electron chi connectivity index (χ2n) is 3.94. The highest BCUT2D eigenvalue weighted by atomic mass is 79.9. The third kappa shape index (κ3) is 3.55. The van der Waals surface area contributed by atoms with E-state index in [2.05, 4.69) is 36.8 Å². The van der Waals surface area contributed by atoms with Crippen LogP contribution in [0.5, 0.6) is 0 Å². The molecule has 100 valence electrons. The molecule has 0 radical (unpaired) electrons. The summed E-state index contributed by atoms with van der Waals surface area (Å²) in [6.07, 6.45) is 1.60. The molecule has 0 aliphatic carbocycles. The second-order valence-corrected chi connectivity index (χ2v) is 7.15. The van der Waals surface area contributed by atoms with Crippen LogP contribution in [-0.4, -0.2) is 23.1 Å². The first-order valence-corrected chi connectivity index (χ1v) is 7.77. The Labute approximate surface area is 131 Å².